The van der Waals surface area contributed by atoms with Gasteiger partial charge in [0.1, 0.15) is 0 Å². The summed E-state index contributed by atoms with van der Waals surface area (Å²) in [6.07, 6.45) is 13.8. The average Bonchev–Trinajstić information content (AvgIpc) is 2.62. The molecule has 2 aliphatic carbocycles. The Labute approximate surface area is 103 Å². The maximum absolute atomic E-state index is 2.43. The highest BCUT2D eigenvalue weighted by molar-refractivity contribution is 4.89. The first-order chi connectivity index (χ1) is 7.72. The Morgan fingerprint density at radius 1 is 0.875 bits per heavy atom. The molecule has 2 saturated carbocycles. The average molecular weight is 224 g/mol. The van der Waals surface area contributed by atoms with Crippen molar-refractivity contribution >= 4 is 0 Å². The zero-order chi connectivity index (χ0) is 12.0. The van der Waals surface area contributed by atoms with E-state index in [-0.39, 0.29) is 0 Å². The first-order valence-electron chi connectivity index (χ1n) is 7.72. The molecular formula is C16H32. The maximum Gasteiger partial charge on any atom is -0.0295 e. The van der Waals surface area contributed by atoms with Crippen LogP contribution in [0.15, 0.2) is 0 Å². The zero-order valence-corrected chi connectivity index (χ0v) is 12.0. The summed E-state index contributed by atoms with van der Waals surface area (Å²) in [6, 6.07) is 0. The van der Waals surface area contributed by atoms with Crippen molar-refractivity contribution in [1.82, 2.24) is 0 Å². The minimum atomic E-state index is 0.811. The Morgan fingerprint density at radius 2 is 1.38 bits per heavy atom. The molecular weight excluding hydrogens is 192 g/mol. The predicted molar refractivity (Wildman–Crippen MR) is 73.7 cm³/mol. The molecule has 0 saturated heterocycles. The molecule has 0 heterocycles. The van der Waals surface area contributed by atoms with Crippen LogP contribution in [0, 0.1) is 17.3 Å². The summed E-state index contributed by atoms with van der Waals surface area (Å²) in [5.41, 5.74) is 0.811. The normalized spacial score (nSPS) is 28.7. The topological polar surface area (TPSA) is 0 Å². The minimum absolute atomic E-state index is 0.811. The lowest BCUT2D eigenvalue weighted by Crippen LogP contribution is -2.21. The van der Waals surface area contributed by atoms with E-state index in [9.17, 15) is 0 Å². The highest BCUT2D eigenvalue weighted by Crippen LogP contribution is 2.50. The molecule has 0 aromatic rings. The molecule has 96 valence electrons. The number of rotatable bonds is 1. The van der Waals surface area contributed by atoms with Gasteiger partial charge in [0.15, 0.2) is 0 Å². The molecule has 0 heteroatoms. The van der Waals surface area contributed by atoms with E-state index in [1.54, 1.807) is 25.7 Å². The Balaban J connectivity index is 0.000000606. The lowest BCUT2D eigenvalue weighted by molar-refractivity contribution is 0.190. The first-order valence-corrected chi connectivity index (χ1v) is 7.72. The smallest absolute Gasteiger partial charge is 0.0295 e. The fourth-order valence-corrected chi connectivity index (χ4v) is 3.81. The Morgan fingerprint density at radius 3 is 1.88 bits per heavy atom. The van der Waals surface area contributed by atoms with E-state index < -0.39 is 0 Å². The van der Waals surface area contributed by atoms with Crippen molar-refractivity contribution in [1.29, 1.82) is 0 Å². The van der Waals surface area contributed by atoms with Gasteiger partial charge in [0.2, 0.25) is 0 Å². The summed E-state index contributed by atoms with van der Waals surface area (Å²) in [5, 5.41) is 0. The van der Waals surface area contributed by atoms with Crippen LogP contribution in [-0.4, -0.2) is 0 Å². The number of hydrogen-bond donors (Lipinski definition) is 0. The summed E-state index contributed by atoms with van der Waals surface area (Å²) in [4.78, 5) is 0. The maximum atomic E-state index is 2.43. The van der Waals surface area contributed by atoms with Crippen LogP contribution in [-0.2, 0) is 0 Å². The second-order valence-corrected chi connectivity index (χ2v) is 6.16. The Bertz CT molecular complexity index is 174. The zero-order valence-electron chi connectivity index (χ0n) is 12.0. The van der Waals surface area contributed by atoms with Crippen LogP contribution in [0.1, 0.15) is 85.5 Å². The second-order valence-electron chi connectivity index (χ2n) is 6.16. The van der Waals surface area contributed by atoms with Crippen LogP contribution in [0.2, 0.25) is 0 Å². The monoisotopic (exact) mass is 224 g/mol. The third kappa shape index (κ3) is 3.50. The first kappa shape index (κ1) is 14.1. The van der Waals surface area contributed by atoms with Crippen molar-refractivity contribution in [2.24, 2.45) is 17.3 Å². The molecule has 0 nitrogen and oxygen atoms in total. The molecule has 0 bridgehead atoms. The molecule has 0 radical (unpaired) electrons. The van der Waals surface area contributed by atoms with Gasteiger partial charge in [-0.15, -0.1) is 0 Å². The van der Waals surface area contributed by atoms with Crippen molar-refractivity contribution in [2.75, 3.05) is 0 Å². The molecule has 0 amide bonds. The van der Waals surface area contributed by atoms with Crippen LogP contribution in [0.5, 0.6) is 0 Å². The standard InChI is InChI=1S/C14H26.C2H6/c1-12(2)13-7-3-4-8-14(11-13)9-5-6-10-14;1-2/h12-13H,3-11H2,1-2H3;1-2H3. The van der Waals surface area contributed by atoms with Crippen LogP contribution < -0.4 is 0 Å². The highest BCUT2D eigenvalue weighted by atomic mass is 14.4. The van der Waals surface area contributed by atoms with E-state index in [4.69, 9.17) is 0 Å². The lowest BCUT2D eigenvalue weighted by Gasteiger charge is -2.32. The molecule has 0 N–H and O–H groups in total. The van der Waals surface area contributed by atoms with Gasteiger partial charge in [0.05, 0.1) is 0 Å². The van der Waals surface area contributed by atoms with E-state index in [1.165, 1.54) is 32.1 Å². The molecule has 1 unspecified atom stereocenters. The molecule has 1 spiro atoms. The van der Waals surface area contributed by atoms with E-state index >= 15 is 0 Å². The Kier molecular flexibility index (Phi) is 5.86. The van der Waals surface area contributed by atoms with E-state index in [0.717, 1.165) is 17.3 Å². The quantitative estimate of drug-likeness (QED) is 0.527. The van der Waals surface area contributed by atoms with Crippen LogP contribution in [0.25, 0.3) is 0 Å². The van der Waals surface area contributed by atoms with Crippen molar-refractivity contribution in [3.05, 3.63) is 0 Å². The van der Waals surface area contributed by atoms with E-state index in [1.807, 2.05) is 13.8 Å². The largest absolute Gasteiger partial charge is 0.0683 e. The van der Waals surface area contributed by atoms with Crippen LogP contribution in [0.4, 0.5) is 0 Å². The van der Waals surface area contributed by atoms with Crippen molar-refractivity contribution in [3.63, 3.8) is 0 Å². The van der Waals surface area contributed by atoms with Gasteiger partial charge < -0.3 is 0 Å². The van der Waals surface area contributed by atoms with Gasteiger partial charge >= 0.3 is 0 Å². The van der Waals surface area contributed by atoms with Gasteiger partial charge in [-0.25, -0.2) is 0 Å². The van der Waals surface area contributed by atoms with Crippen molar-refractivity contribution in [2.45, 2.75) is 85.5 Å². The molecule has 2 rings (SSSR count). The van der Waals surface area contributed by atoms with Gasteiger partial charge in [-0.05, 0) is 42.9 Å². The predicted octanol–water partition coefficient (Wildman–Crippen LogP) is 5.81. The molecule has 2 fully saturated rings. The molecule has 0 aliphatic heterocycles. The molecule has 0 aromatic heterocycles. The van der Waals surface area contributed by atoms with Gasteiger partial charge in [-0.1, -0.05) is 59.8 Å². The highest BCUT2D eigenvalue weighted by Gasteiger charge is 2.37. The summed E-state index contributed by atoms with van der Waals surface area (Å²) in [7, 11) is 0. The Hall–Kier alpha value is 0. The van der Waals surface area contributed by atoms with Crippen molar-refractivity contribution < 1.29 is 0 Å². The van der Waals surface area contributed by atoms with E-state index in [2.05, 4.69) is 13.8 Å². The molecule has 1 atom stereocenters. The van der Waals surface area contributed by atoms with Crippen molar-refractivity contribution in [3.8, 4) is 0 Å². The summed E-state index contributed by atoms with van der Waals surface area (Å²) >= 11 is 0. The van der Waals surface area contributed by atoms with E-state index in [0.29, 0.717) is 0 Å². The molecule has 2 aliphatic rings. The second kappa shape index (κ2) is 6.67. The lowest BCUT2D eigenvalue weighted by atomic mass is 9.73. The van der Waals surface area contributed by atoms with Crippen LogP contribution in [0.3, 0.4) is 0 Å². The van der Waals surface area contributed by atoms with Gasteiger partial charge in [-0.3, -0.25) is 0 Å². The molecule has 16 heavy (non-hydrogen) atoms. The van der Waals surface area contributed by atoms with Crippen LogP contribution >= 0.6 is 0 Å². The van der Waals surface area contributed by atoms with Gasteiger partial charge in [0.25, 0.3) is 0 Å². The molecule has 0 aromatic carbocycles. The number of hydrogen-bond acceptors (Lipinski definition) is 0. The fourth-order valence-electron chi connectivity index (χ4n) is 3.81. The third-order valence-corrected chi connectivity index (χ3v) is 4.83. The minimum Gasteiger partial charge on any atom is -0.0683 e. The fraction of sp³-hybridized carbons (Fsp3) is 1.00. The summed E-state index contributed by atoms with van der Waals surface area (Å²) in [6.45, 7) is 8.86. The SMILES string of the molecule is CC.CC(C)C1CCCCC2(CCCC2)C1. The van der Waals surface area contributed by atoms with Gasteiger partial charge in [-0.2, -0.15) is 0 Å². The van der Waals surface area contributed by atoms with Gasteiger partial charge in [0, 0.05) is 0 Å². The summed E-state index contributed by atoms with van der Waals surface area (Å²) < 4.78 is 0. The third-order valence-electron chi connectivity index (χ3n) is 4.83. The summed E-state index contributed by atoms with van der Waals surface area (Å²) in [5.74, 6) is 1.96.